The number of nitrogens with zero attached hydrogens (tertiary/aromatic N) is 1. The summed E-state index contributed by atoms with van der Waals surface area (Å²) in [5, 5.41) is 0. The number of hydrogen-bond donors (Lipinski definition) is 0. The van der Waals surface area contributed by atoms with Crippen molar-refractivity contribution in [2.45, 2.75) is 26.3 Å². The van der Waals surface area contributed by atoms with Crippen LogP contribution in [0.3, 0.4) is 0 Å². The van der Waals surface area contributed by atoms with E-state index >= 15 is 4.39 Å². The van der Waals surface area contributed by atoms with Crippen LogP contribution in [-0.2, 0) is 20.2 Å². The highest BCUT2D eigenvalue weighted by Gasteiger charge is 2.40. The van der Waals surface area contributed by atoms with Crippen molar-refractivity contribution in [1.29, 1.82) is 0 Å². The number of halogens is 1. The molecule has 4 nitrogen and oxygen atoms in total. The lowest BCUT2D eigenvalue weighted by molar-refractivity contribution is 0.202. The van der Waals surface area contributed by atoms with Crippen molar-refractivity contribution in [2.24, 2.45) is 4.99 Å². The second kappa shape index (κ2) is 9.62. The number of hydrogen-bond acceptors (Lipinski definition) is 4. The largest absolute Gasteiger partial charge is 0.370 e. The maximum Gasteiger partial charge on any atom is 0.370 e. The average Bonchev–Trinajstić information content (AvgIpc) is 2.64. The van der Waals surface area contributed by atoms with E-state index in [1.54, 1.807) is 38.1 Å². The molecule has 0 saturated heterocycles. The lowest BCUT2D eigenvalue weighted by Crippen LogP contribution is -2.21. The van der Waals surface area contributed by atoms with E-state index in [0.29, 0.717) is 5.56 Å². The zero-order chi connectivity index (χ0) is 18.1. The standard InChI is InChI=1S/C19H23FNO3P/c1-3-23-25(22,24-4-2)19(20)18(17-13-9-6-10-14-17)21-15-16-11-7-5-8-12-16/h5-14,19H,3-4,15H2,1-2H3. The van der Waals surface area contributed by atoms with Crippen LogP contribution in [0.15, 0.2) is 65.7 Å². The van der Waals surface area contributed by atoms with Gasteiger partial charge in [0.1, 0.15) is 0 Å². The molecule has 1 atom stereocenters. The Morgan fingerprint density at radius 2 is 1.52 bits per heavy atom. The Morgan fingerprint density at radius 3 is 2.04 bits per heavy atom. The molecule has 0 amide bonds. The van der Waals surface area contributed by atoms with Crippen LogP contribution in [0.2, 0.25) is 0 Å². The molecule has 0 fully saturated rings. The smallest absolute Gasteiger partial charge is 0.307 e. The van der Waals surface area contributed by atoms with Gasteiger partial charge in [-0.1, -0.05) is 60.7 Å². The molecule has 0 aliphatic carbocycles. The number of alkyl halides is 1. The van der Waals surface area contributed by atoms with Crippen molar-refractivity contribution in [1.82, 2.24) is 0 Å². The van der Waals surface area contributed by atoms with E-state index in [-0.39, 0.29) is 25.5 Å². The lowest BCUT2D eigenvalue weighted by atomic mass is 10.1. The van der Waals surface area contributed by atoms with E-state index < -0.39 is 13.5 Å². The van der Waals surface area contributed by atoms with Gasteiger partial charge in [0, 0.05) is 0 Å². The molecule has 0 aliphatic heterocycles. The second-order valence-corrected chi connectivity index (χ2v) is 7.31. The molecular weight excluding hydrogens is 340 g/mol. The highest BCUT2D eigenvalue weighted by molar-refractivity contribution is 7.55. The third-order valence-electron chi connectivity index (χ3n) is 3.47. The summed E-state index contributed by atoms with van der Waals surface area (Å²) in [6.45, 7) is 3.78. The zero-order valence-corrected chi connectivity index (χ0v) is 15.4. The van der Waals surface area contributed by atoms with E-state index in [1.807, 2.05) is 36.4 Å². The molecule has 0 radical (unpaired) electrons. The first-order chi connectivity index (χ1) is 12.1. The van der Waals surface area contributed by atoms with Crippen LogP contribution in [-0.4, -0.2) is 24.8 Å². The van der Waals surface area contributed by atoms with Gasteiger partial charge in [0.05, 0.1) is 25.5 Å². The molecule has 0 spiro atoms. The molecule has 25 heavy (non-hydrogen) atoms. The quantitative estimate of drug-likeness (QED) is 0.452. The van der Waals surface area contributed by atoms with Crippen LogP contribution in [0.5, 0.6) is 0 Å². The summed E-state index contributed by atoms with van der Waals surface area (Å²) in [6.07, 6.45) is 0. The van der Waals surface area contributed by atoms with Gasteiger partial charge in [-0.15, -0.1) is 0 Å². The van der Waals surface area contributed by atoms with Crippen LogP contribution in [0.4, 0.5) is 4.39 Å². The summed E-state index contributed by atoms with van der Waals surface area (Å²) >= 11 is 0. The zero-order valence-electron chi connectivity index (χ0n) is 14.5. The van der Waals surface area contributed by atoms with E-state index in [0.717, 1.165) is 5.56 Å². The topological polar surface area (TPSA) is 47.9 Å². The summed E-state index contributed by atoms with van der Waals surface area (Å²) in [5.74, 6) is -1.95. The summed E-state index contributed by atoms with van der Waals surface area (Å²) in [7, 11) is -3.95. The van der Waals surface area contributed by atoms with Crippen molar-refractivity contribution < 1.29 is 18.0 Å². The molecule has 2 aromatic carbocycles. The first-order valence-electron chi connectivity index (χ1n) is 8.27. The van der Waals surface area contributed by atoms with Crippen LogP contribution < -0.4 is 0 Å². The molecule has 6 heteroatoms. The Labute approximate surface area is 148 Å². The molecule has 1 unspecified atom stereocenters. The molecule has 0 aliphatic rings. The van der Waals surface area contributed by atoms with Gasteiger partial charge in [-0.2, -0.15) is 0 Å². The maximum atomic E-state index is 15.2. The van der Waals surface area contributed by atoms with Crippen molar-refractivity contribution in [3.8, 4) is 0 Å². The fourth-order valence-electron chi connectivity index (χ4n) is 2.35. The third-order valence-corrected chi connectivity index (χ3v) is 5.50. The second-order valence-electron chi connectivity index (χ2n) is 5.26. The minimum atomic E-state index is -3.95. The van der Waals surface area contributed by atoms with E-state index in [2.05, 4.69) is 4.99 Å². The van der Waals surface area contributed by atoms with Crippen molar-refractivity contribution >= 4 is 13.3 Å². The van der Waals surface area contributed by atoms with Gasteiger partial charge in [0.15, 0.2) is 0 Å². The van der Waals surface area contributed by atoms with E-state index in [4.69, 9.17) is 9.05 Å². The maximum absolute atomic E-state index is 15.2. The molecule has 0 N–H and O–H groups in total. The Hall–Kier alpha value is -1.81. The van der Waals surface area contributed by atoms with Gasteiger partial charge in [-0.25, -0.2) is 4.39 Å². The van der Waals surface area contributed by atoms with Crippen LogP contribution in [0.1, 0.15) is 25.0 Å². The van der Waals surface area contributed by atoms with Crippen molar-refractivity contribution in [2.75, 3.05) is 13.2 Å². The molecule has 0 bridgehead atoms. The fraction of sp³-hybridized carbons (Fsp3) is 0.316. The normalized spacial score (nSPS) is 13.6. The van der Waals surface area contributed by atoms with E-state index in [9.17, 15) is 4.57 Å². The van der Waals surface area contributed by atoms with Crippen molar-refractivity contribution in [3.05, 3.63) is 71.8 Å². The van der Waals surface area contributed by atoms with Gasteiger partial charge < -0.3 is 9.05 Å². The van der Waals surface area contributed by atoms with Gasteiger partial charge in [-0.05, 0) is 25.0 Å². The Balaban J connectivity index is 2.38. The van der Waals surface area contributed by atoms with Crippen LogP contribution >= 0.6 is 7.60 Å². The minimum Gasteiger partial charge on any atom is -0.307 e. The first kappa shape index (κ1) is 19.5. The summed E-state index contributed by atoms with van der Waals surface area (Å²) in [6, 6.07) is 18.4. The Bertz CT molecular complexity index is 712. The average molecular weight is 363 g/mol. The SMILES string of the molecule is CCOP(=O)(OCC)C(F)C(=NCc1ccccc1)c1ccccc1. The number of aliphatic imine (C=N–C) groups is 1. The molecule has 2 rings (SSSR count). The molecule has 0 aromatic heterocycles. The molecule has 0 saturated carbocycles. The number of rotatable bonds is 9. The minimum absolute atomic E-state index is 0.0784. The van der Waals surface area contributed by atoms with Gasteiger partial charge in [0.25, 0.3) is 0 Å². The third kappa shape index (κ3) is 5.33. The molecule has 134 valence electrons. The lowest BCUT2D eigenvalue weighted by Gasteiger charge is -2.22. The van der Waals surface area contributed by atoms with Gasteiger partial charge in [-0.3, -0.25) is 9.56 Å². The van der Waals surface area contributed by atoms with Gasteiger partial charge in [0.2, 0.25) is 5.91 Å². The highest BCUT2D eigenvalue weighted by atomic mass is 31.2. The van der Waals surface area contributed by atoms with E-state index in [1.165, 1.54) is 0 Å². The van der Waals surface area contributed by atoms with Crippen LogP contribution in [0, 0.1) is 0 Å². The predicted octanol–water partition coefficient (Wildman–Crippen LogP) is 5.24. The predicted molar refractivity (Wildman–Crippen MR) is 98.9 cm³/mol. The summed E-state index contributed by atoms with van der Waals surface area (Å²) < 4.78 is 38.4. The summed E-state index contributed by atoms with van der Waals surface area (Å²) in [5.41, 5.74) is 1.58. The molecule has 2 aromatic rings. The Morgan fingerprint density at radius 1 is 1.00 bits per heavy atom. The Kier molecular flexibility index (Phi) is 7.51. The van der Waals surface area contributed by atoms with Crippen molar-refractivity contribution in [3.63, 3.8) is 0 Å². The molecular formula is C19H23FNO3P. The first-order valence-corrected chi connectivity index (χ1v) is 9.88. The monoisotopic (exact) mass is 363 g/mol. The highest BCUT2D eigenvalue weighted by Crippen LogP contribution is 2.54. The van der Waals surface area contributed by atoms with Crippen LogP contribution in [0.25, 0.3) is 0 Å². The fourth-order valence-corrected chi connectivity index (χ4v) is 3.94. The summed E-state index contributed by atoms with van der Waals surface area (Å²) in [4.78, 5) is 4.40. The number of benzene rings is 2. The molecule has 0 heterocycles. The van der Waals surface area contributed by atoms with Gasteiger partial charge >= 0.3 is 7.60 Å².